The van der Waals surface area contributed by atoms with Crippen molar-refractivity contribution in [3.63, 3.8) is 0 Å². The Morgan fingerprint density at radius 2 is 1.50 bits per heavy atom. The Morgan fingerprint density at radius 3 is 2.12 bits per heavy atom. The van der Waals surface area contributed by atoms with E-state index in [0.717, 1.165) is 47.2 Å². The molecule has 1 aliphatic rings. The molecular weight excluding hydrogens is 326 g/mol. The van der Waals surface area contributed by atoms with Crippen LogP contribution in [0.4, 0.5) is 0 Å². The lowest BCUT2D eigenvalue weighted by Gasteiger charge is -2.13. The van der Waals surface area contributed by atoms with Crippen molar-refractivity contribution in [3.05, 3.63) is 60.2 Å². The molecule has 1 saturated carbocycles. The first-order valence-electron chi connectivity index (χ1n) is 9.09. The molecule has 0 spiro atoms. The fourth-order valence-electron chi connectivity index (χ4n) is 3.78. The van der Waals surface area contributed by atoms with Crippen LogP contribution in [-0.4, -0.2) is 24.5 Å². The minimum atomic E-state index is -0.459. The lowest BCUT2D eigenvalue weighted by Crippen LogP contribution is -2.35. The van der Waals surface area contributed by atoms with E-state index < -0.39 is 5.97 Å². The van der Waals surface area contributed by atoms with E-state index in [9.17, 15) is 9.59 Å². The van der Waals surface area contributed by atoms with Gasteiger partial charge in [0.2, 0.25) is 0 Å². The van der Waals surface area contributed by atoms with Crippen LogP contribution in [0.25, 0.3) is 21.5 Å². The second kappa shape index (κ2) is 7.16. The molecule has 26 heavy (non-hydrogen) atoms. The lowest BCUT2D eigenvalue weighted by atomic mass is 9.97. The molecular formula is C22H21NO3. The predicted molar refractivity (Wildman–Crippen MR) is 102 cm³/mol. The van der Waals surface area contributed by atoms with Gasteiger partial charge in [0.05, 0.1) is 5.56 Å². The maximum absolute atomic E-state index is 12.8. The number of carbonyl (C=O) groups is 2. The highest BCUT2D eigenvalue weighted by molar-refractivity contribution is 6.16. The van der Waals surface area contributed by atoms with Crippen LogP contribution in [-0.2, 0) is 9.53 Å². The first kappa shape index (κ1) is 16.6. The van der Waals surface area contributed by atoms with Gasteiger partial charge in [-0.2, -0.15) is 0 Å². The Hall–Kier alpha value is -2.88. The van der Waals surface area contributed by atoms with Crippen LogP contribution in [0.3, 0.4) is 0 Å². The summed E-state index contributed by atoms with van der Waals surface area (Å²) in [6.07, 6.45) is 4.31. The van der Waals surface area contributed by atoms with E-state index in [1.54, 1.807) is 0 Å². The first-order valence-corrected chi connectivity index (χ1v) is 9.09. The lowest BCUT2D eigenvalue weighted by molar-refractivity contribution is -0.124. The second-order valence-electron chi connectivity index (χ2n) is 6.82. The number of carbonyl (C=O) groups excluding carboxylic acids is 2. The number of hydrogen-bond acceptors (Lipinski definition) is 3. The van der Waals surface area contributed by atoms with Crippen molar-refractivity contribution in [2.75, 3.05) is 6.61 Å². The molecule has 0 saturated heterocycles. The van der Waals surface area contributed by atoms with Crippen LogP contribution in [0.5, 0.6) is 0 Å². The Kier molecular flexibility index (Phi) is 4.57. The van der Waals surface area contributed by atoms with Gasteiger partial charge in [-0.25, -0.2) is 4.79 Å². The standard InChI is InChI=1S/C22H21NO3/c24-20(23-17-9-3-4-10-17)14-26-22(25)21-18-11-5-1-7-15(18)13-16-8-2-6-12-19(16)21/h1-2,5-8,11-13,17H,3-4,9-10,14H2,(H,23,24). The molecule has 0 aliphatic heterocycles. The van der Waals surface area contributed by atoms with E-state index in [2.05, 4.69) is 11.4 Å². The number of hydrogen-bond donors (Lipinski definition) is 1. The number of esters is 1. The molecule has 4 heteroatoms. The van der Waals surface area contributed by atoms with E-state index in [1.165, 1.54) is 0 Å². The van der Waals surface area contributed by atoms with Crippen molar-refractivity contribution >= 4 is 33.4 Å². The average Bonchev–Trinajstić information content (AvgIpc) is 3.17. The van der Waals surface area contributed by atoms with Crippen molar-refractivity contribution < 1.29 is 14.3 Å². The van der Waals surface area contributed by atoms with E-state index in [4.69, 9.17) is 4.74 Å². The summed E-state index contributed by atoms with van der Waals surface area (Å²) < 4.78 is 5.37. The molecule has 0 heterocycles. The monoisotopic (exact) mass is 347 g/mol. The van der Waals surface area contributed by atoms with Crippen LogP contribution < -0.4 is 5.32 Å². The SMILES string of the molecule is O=C(COC(=O)c1c2ccccc2cc2ccccc12)NC1CCCC1. The topological polar surface area (TPSA) is 55.4 Å². The molecule has 3 aromatic carbocycles. The van der Waals surface area contributed by atoms with Crippen LogP contribution in [0.1, 0.15) is 36.0 Å². The molecule has 0 atom stereocenters. The maximum Gasteiger partial charge on any atom is 0.339 e. The number of nitrogens with one attached hydrogen (secondary N) is 1. The molecule has 0 radical (unpaired) electrons. The predicted octanol–water partition coefficient (Wildman–Crippen LogP) is 4.21. The van der Waals surface area contributed by atoms with Crippen molar-refractivity contribution in [1.29, 1.82) is 0 Å². The zero-order valence-corrected chi connectivity index (χ0v) is 14.5. The first-order chi connectivity index (χ1) is 12.7. The normalized spacial score (nSPS) is 14.6. The Morgan fingerprint density at radius 1 is 0.923 bits per heavy atom. The van der Waals surface area contributed by atoms with Gasteiger partial charge in [0.1, 0.15) is 0 Å². The molecule has 4 rings (SSSR count). The van der Waals surface area contributed by atoms with Gasteiger partial charge in [-0.1, -0.05) is 61.4 Å². The van der Waals surface area contributed by atoms with Gasteiger partial charge in [0.25, 0.3) is 5.91 Å². The second-order valence-corrected chi connectivity index (χ2v) is 6.82. The van der Waals surface area contributed by atoms with Crippen LogP contribution in [0.2, 0.25) is 0 Å². The summed E-state index contributed by atoms with van der Waals surface area (Å²) in [6.45, 7) is -0.243. The van der Waals surface area contributed by atoms with E-state index in [-0.39, 0.29) is 18.6 Å². The molecule has 132 valence electrons. The summed E-state index contributed by atoms with van der Waals surface area (Å²) in [5.41, 5.74) is 0.521. The highest BCUT2D eigenvalue weighted by Crippen LogP contribution is 2.29. The summed E-state index contributed by atoms with van der Waals surface area (Å²) in [6, 6.07) is 17.8. The summed E-state index contributed by atoms with van der Waals surface area (Å²) in [5, 5.41) is 6.58. The highest BCUT2D eigenvalue weighted by atomic mass is 16.5. The zero-order valence-electron chi connectivity index (χ0n) is 14.5. The largest absolute Gasteiger partial charge is 0.452 e. The van der Waals surface area contributed by atoms with Gasteiger partial charge in [-0.3, -0.25) is 4.79 Å². The summed E-state index contributed by atoms with van der Waals surface area (Å²) in [4.78, 5) is 24.9. The Bertz CT molecular complexity index is 919. The fourth-order valence-corrected chi connectivity index (χ4v) is 3.78. The maximum atomic E-state index is 12.8. The molecule has 0 unspecified atom stereocenters. The minimum Gasteiger partial charge on any atom is -0.452 e. The van der Waals surface area contributed by atoms with Gasteiger partial charge in [0.15, 0.2) is 6.61 Å². The Labute approximate surface area is 152 Å². The molecule has 0 bridgehead atoms. The number of amides is 1. The van der Waals surface area contributed by atoms with E-state index in [1.807, 2.05) is 48.5 Å². The molecule has 3 aromatic rings. The number of ether oxygens (including phenoxy) is 1. The van der Waals surface area contributed by atoms with Crippen molar-refractivity contribution in [3.8, 4) is 0 Å². The number of rotatable bonds is 4. The van der Waals surface area contributed by atoms with Crippen LogP contribution in [0.15, 0.2) is 54.6 Å². The summed E-state index contributed by atoms with van der Waals surface area (Å²) in [7, 11) is 0. The third kappa shape index (κ3) is 3.27. The third-order valence-electron chi connectivity index (χ3n) is 5.03. The van der Waals surface area contributed by atoms with Crippen LogP contribution in [0, 0.1) is 0 Å². The van der Waals surface area contributed by atoms with Gasteiger partial charge >= 0.3 is 5.97 Å². The van der Waals surface area contributed by atoms with Gasteiger partial charge < -0.3 is 10.1 Å². The van der Waals surface area contributed by atoms with E-state index >= 15 is 0 Å². The van der Waals surface area contributed by atoms with Crippen LogP contribution >= 0.6 is 0 Å². The van der Waals surface area contributed by atoms with E-state index in [0.29, 0.717) is 5.56 Å². The smallest absolute Gasteiger partial charge is 0.339 e. The summed E-state index contributed by atoms with van der Waals surface area (Å²) >= 11 is 0. The average molecular weight is 347 g/mol. The van der Waals surface area contributed by atoms with Gasteiger partial charge in [-0.05, 0) is 40.5 Å². The van der Waals surface area contributed by atoms with Crippen molar-refractivity contribution in [1.82, 2.24) is 5.32 Å². The number of benzene rings is 3. The van der Waals surface area contributed by atoms with Gasteiger partial charge in [0, 0.05) is 6.04 Å². The summed E-state index contributed by atoms with van der Waals surface area (Å²) in [5.74, 6) is -0.686. The quantitative estimate of drug-likeness (QED) is 0.568. The van der Waals surface area contributed by atoms with Crippen molar-refractivity contribution in [2.24, 2.45) is 0 Å². The fraction of sp³-hybridized carbons (Fsp3) is 0.273. The molecule has 1 amide bonds. The molecule has 0 aromatic heterocycles. The van der Waals surface area contributed by atoms with Crippen molar-refractivity contribution in [2.45, 2.75) is 31.7 Å². The van der Waals surface area contributed by atoms with Gasteiger partial charge in [-0.15, -0.1) is 0 Å². The minimum absolute atomic E-state index is 0.222. The highest BCUT2D eigenvalue weighted by Gasteiger charge is 2.20. The molecule has 1 aliphatic carbocycles. The molecule has 4 nitrogen and oxygen atoms in total. The number of fused-ring (bicyclic) bond motifs is 2. The molecule has 1 fully saturated rings. The zero-order chi connectivity index (χ0) is 17.9. The Balaban J connectivity index is 1.59. The third-order valence-corrected chi connectivity index (χ3v) is 5.03. The molecule has 1 N–H and O–H groups in total.